The Hall–Kier alpha value is -3.75. The zero-order valence-corrected chi connectivity index (χ0v) is 19.0. The van der Waals surface area contributed by atoms with Gasteiger partial charge in [-0.2, -0.15) is 5.10 Å². The van der Waals surface area contributed by atoms with Gasteiger partial charge in [0.1, 0.15) is 0 Å². The number of aromatic nitrogens is 2. The fourth-order valence-corrected chi connectivity index (χ4v) is 3.63. The Kier molecular flexibility index (Phi) is 8.21. The van der Waals surface area contributed by atoms with Crippen LogP contribution in [0.15, 0.2) is 73.1 Å². The zero-order valence-electron chi connectivity index (χ0n) is 19.0. The van der Waals surface area contributed by atoms with Gasteiger partial charge in [-0.15, -0.1) is 0 Å². The maximum atomic E-state index is 12.3. The molecule has 3 aromatic rings. The largest absolute Gasteiger partial charge is 0.379 e. The topological polar surface area (TPSA) is 88.5 Å². The Bertz CT molecular complexity index is 1120. The van der Waals surface area contributed by atoms with Crippen molar-refractivity contribution < 1.29 is 14.3 Å². The van der Waals surface area contributed by atoms with Crippen LogP contribution in [0, 0.1) is 0 Å². The Morgan fingerprint density at radius 1 is 1.06 bits per heavy atom. The molecule has 1 saturated heterocycles. The first-order valence-corrected chi connectivity index (χ1v) is 11.4. The highest BCUT2D eigenvalue weighted by atomic mass is 16.5. The lowest BCUT2D eigenvalue weighted by Crippen LogP contribution is -2.38. The van der Waals surface area contributed by atoms with Crippen molar-refractivity contribution in [1.82, 2.24) is 20.0 Å². The predicted molar refractivity (Wildman–Crippen MR) is 131 cm³/mol. The molecule has 0 radical (unpaired) electrons. The Labute approximate surface area is 199 Å². The third-order valence-corrected chi connectivity index (χ3v) is 5.49. The first-order chi connectivity index (χ1) is 16.7. The Morgan fingerprint density at radius 3 is 2.71 bits per heavy atom. The average Bonchev–Trinajstić information content (AvgIpc) is 3.36. The van der Waals surface area contributed by atoms with Crippen LogP contribution in [0.25, 0.3) is 11.8 Å². The summed E-state index contributed by atoms with van der Waals surface area (Å²) >= 11 is 0. The zero-order chi connectivity index (χ0) is 23.6. The summed E-state index contributed by atoms with van der Waals surface area (Å²) in [5, 5.41) is 10.1. The van der Waals surface area contributed by atoms with Gasteiger partial charge in [-0.3, -0.25) is 14.5 Å². The second-order valence-corrected chi connectivity index (χ2v) is 8.06. The van der Waals surface area contributed by atoms with E-state index in [0.29, 0.717) is 13.0 Å². The van der Waals surface area contributed by atoms with Crippen LogP contribution in [0.1, 0.15) is 17.5 Å². The van der Waals surface area contributed by atoms with E-state index in [4.69, 9.17) is 4.74 Å². The molecule has 0 unspecified atom stereocenters. The van der Waals surface area contributed by atoms with Gasteiger partial charge in [0.05, 0.1) is 25.1 Å². The molecule has 2 heterocycles. The molecule has 0 saturated carbocycles. The van der Waals surface area contributed by atoms with Crippen LogP contribution in [0.5, 0.6) is 0 Å². The fourth-order valence-electron chi connectivity index (χ4n) is 3.63. The molecular weight excluding hydrogens is 430 g/mol. The van der Waals surface area contributed by atoms with Gasteiger partial charge in [-0.1, -0.05) is 30.3 Å². The number of anilines is 1. The van der Waals surface area contributed by atoms with Gasteiger partial charge in [0.15, 0.2) is 0 Å². The SMILES string of the molecule is O=C(C=Cc1cnn(-c2ccccc2)c1)NCc1cccc(NC(=O)CCN2CCOCC2)c1. The highest BCUT2D eigenvalue weighted by Crippen LogP contribution is 2.12. The number of hydrogen-bond donors (Lipinski definition) is 2. The minimum Gasteiger partial charge on any atom is -0.379 e. The van der Waals surface area contributed by atoms with E-state index in [9.17, 15) is 9.59 Å². The maximum absolute atomic E-state index is 12.3. The van der Waals surface area contributed by atoms with Crippen molar-refractivity contribution in [3.05, 3.63) is 84.2 Å². The van der Waals surface area contributed by atoms with E-state index in [1.807, 2.05) is 60.8 Å². The minimum atomic E-state index is -0.201. The molecule has 8 heteroatoms. The van der Waals surface area contributed by atoms with E-state index in [1.54, 1.807) is 17.0 Å². The first-order valence-electron chi connectivity index (χ1n) is 11.4. The average molecular weight is 460 g/mol. The lowest BCUT2D eigenvalue weighted by Gasteiger charge is -2.26. The van der Waals surface area contributed by atoms with E-state index in [2.05, 4.69) is 20.6 Å². The number of morpholine rings is 1. The van der Waals surface area contributed by atoms with Crippen molar-refractivity contribution in [2.24, 2.45) is 0 Å². The summed E-state index contributed by atoms with van der Waals surface area (Å²) in [5.41, 5.74) is 3.42. The van der Waals surface area contributed by atoms with Crippen molar-refractivity contribution >= 4 is 23.6 Å². The molecule has 1 aliphatic rings. The second kappa shape index (κ2) is 11.9. The van der Waals surface area contributed by atoms with Crippen molar-refractivity contribution in [2.75, 3.05) is 38.2 Å². The van der Waals surface area contributed by atoms with Gasteiger partial charge in [0.25, 0.3) is 0 Å². The number of carbonyl (C=O) groups excluding carboxylic acids is 2. The van der Waals surface area contributed by atoms with Crippen LogP contribution in [0.2, 0.25) is 0 Å². The molecule has 8 nitrogen and oxygen atoms in total. The van der Waals surface area contributed by atoms with Crippen LogP contribution < -0.4 is 10.6 Å². The summed E-state index contributed by atoms with van der Waals surface area (Å²) in [6, 6.07) is 17.3. The number of ether oxygens (including phenoxy) is 1. The molecule has 0 spiro atoms. The lowest BCUT2D eigenvalue weighted by molar-refractivity contribution is -0.117. The molecular formula is C26H29N5O3. The molecule has 0 aliphatic carbocycles. The van der Waals surface area contributed by atoms with Gasteiger partial charge in [0.2, 0.25) is 11.8 Å². The number of benzene rings is 2. The second-order valence-electron chi connectivity index (χ2n) is 8.06. The molecule has 34 heavy (non-hydrogen) atoms. The summed E-state index contributed by atoms with van der Waals surface area (Å²) < 4.78 is 7.09. The van der Waals surface area contributed by atoms with E-state index < -0.39 is 0 Å². The molecule has 1 aliphatic heterocycles. The van der Waals surface area contributed by atoms with Gasteiger partial charge in [0, 0.05) is 56.1 Å². The molecule has 0 bridgehead atoms. The van der Waals surface area contributed by atoms with E-state index in [1.165, 1.54) is 6.08 Å². The van der Waals surface area contributed by atoms with Crippen molar-refractivity contribution in [1.29, 1.82) is 0 Å². The number of para-hydroxylation sites is 1. The van der Waals surface area contributed by atoms with Gasteiger partial charge >= 0.3 is 0 Å². The third kappa shape index (κ3) is 7.13. The van der Waals surface area contributed by atoms with Crippen LogP contribution in [0.3, 0.4) is 0 Å². The van der Waals surface area contributed by atoms with Crippen LogP contribution in [0.4, 0.5) is 5.69 Å². The van der Waals surface area contributed by atoms with Gasteiger partial charge in [-0.25, -0.2) is 4.68 Å². The molecule has 0 atom stereocenters. The standard InChI is InChI=1S/C26H29N5O3/c32-25(10-9-22-19-28-31(20-22)24-7-2-1-3-8-24)27-18-21-5-4-6-23(17-21)29-26(33)11-12-30-13-15-34-16-14-30/h1-10,17,19-20H,11-16,18H2,(H,27,32)(H,29,33). The molecule has 176 valence electrons. The lowest BCUT2D eigenvalue weighted by atomic mass is 10.2. The highest BCUT2D eigenvalue weighted by molar-refractivity contribution is 5.92. The van der Waals surface area contributed by atoms with Crippen molar-refractivity contribution in [3.8, 4) is 5.69 Å². The van der Waals surface area contributed by atoms with E-state index in [-0.39, 0.29) is 11.8 Å². The molecule has 2 amide bonds. The fraction of sp³-hybridized carbons (Fsp3) is 0.269. The number of hydrogen-bond acceptors (Lipinski definition) is 5. The van der Waals surface area contributed by atoms with Crippen LogP contribution in [-0.4, -0.2) is 59.3 Å². The Morgan fingerprint density at radius 2 is 1.88 bits per heavy atom. The van der Waals surface area contributed by atoms with E-state index >= 15 is 0 Å². The number of rotatable bonds is 9. The monoisotopic (exact) mass is 459 g/mol. The highest BCUT2D eigenvalue weighted by Gasteiger charge is 2.12. The molecule has 2 aromatic carbocycles. The number of amides is 2. The van der Waals surface area contributed by atoms with Crippen molar-refractivity contribution in [3.63, 3.8) is 0 Å². The van der Waals surface area contributed by atoms with Gasteiger partial charge in [-0.05, 0) is 35.9 Å². The molecule has 1 aromatic heterocycles. The summed E-state index contributed by atoms with van der Waals surface area (Å²) in [6.07, 6.45) is 7.23. The smallest absolute Gasteiger partial charge is 0.244 e. The maximum Gasteiger partial charge on any atom is 0.244 e. The Balaban J connectivity index is 1.22. The molecule has 4 rings (SSSR count). The number of nitrogens with one attached hydrogen (secondary N) is 2. The van der Waals surface area contributed by atoms with Gasteiger partial charge < -0.3 is 15.4 Å². The first kappa shape index (κ1) is 23.4. The summed E-state index contributed by atoms with van der Waals surface area (Å²) in [5.74, 6) is -0.223. The van der Waals surface area contributed by atoms with Crippen LogP contribution in [-0.2, 0) is 20.9 Å². The summed E-state index contributed by atoms with van der Waals surface area (Å²) in [6.45, 7) is 4.27. The molecule has 2 N–H and O–H groups in total. The number of carbonyl (C=O) groups is 2. The quantitative estimate of drug-likeness (QED) is 0.481. The van der Waals surface area contributed by atoms with Crippen LogP contribution >= 0.6 is 0 Å². The predicted octanol–water partition coefficient (Wildman–Crippen LogP) is 2.86. The third-order valence-electron chi connectivity index (χ3n) is 5.49. The summed E-state index contributed by atoms with van der Waals surface area (Å²) in [4.78, 5) is 26.8. The van der Waals surface area contributed by atoms with Crippen molar-refractivity contribution in [2.45, 2.75) is 13.0 Å². The number of nitrogens with zero attached hydrogens (tertiary/aromatic N) is 3. The normalized spacial score (nSPS) is 14.2. The summed E-state index contributed by atoms with van der Waals surface area (Å²) in [7, 11) is 0. The van der Waals surface area contributed by atoms with E-state index in [0.717, 1.165) is 55.3 Å². The molecule has 1 fully saturated rings. The minimum absolute atomic E-state index is 0.0216.